The first-order valence-electron chi connectivity index (χ1n) is 9.00. The summed E-state index contributed by atoms with van der Waals surface area (Å²) >= 11 is 0. The van der Waals surface area contributed by atoms with Gasteiger partial charge < -0.3 is 9.42 Å². The van der Waals surface area contributed by atoms with E-state index in [0.717, 1.165) is 69.2 Å². The van der Waals surface area contributed by atoms with E-state index in [1.54, 1.807) is 0 Å². The number of hydrogen-bond acceptors (Lipinski definition) is 4. The van der Waals surface area contributed by atoms with Gasteiger partial charge in [0.15, 0.2) is 5.69 Å². The third kappa shape index (κ3) is 2.95. The first kappa shape index (κ1) is 15.4. The lowest BCUT2D eigenvalue weighted by molar-refractivity contribution is 0.0719. The molecule has 24 heavy (non-hydrogen) atoms. The number of amides is 1. The normalized spacial score (nSPS) is 20.2. The van der Waals surface area contributed by atoms with Crippen LogP contribution in [0.25, 0.3) is 0 Å². The topological polar surface area (TPSA) is 59.2 Å². The molecule has 2 aliphatic rings. The molecule has 1 aliphatic heterocycles. The van der Waals surface area contributed by atoms with Gasteiger partial charge in [-0.3, -0.25) is 9.78 Å². The summed E-state index contributed by atoms with van der Waals surface area (Å²) in [6.07, 6.45) is 11.9. The van der Waals surface area contributed by atoms with E-state index >= 15 is 0 Å². The Hall–Kier alpha value is -2.17. The number of carbonyl (C=O) groups is 1. The Labute approximate surface area is 142 Å². The molecule has 0 unspecified atom stereocenters. The van der Waals surface area contributed by atoms with E-state index in [1.807, 2.05) is 17.3 Å². The van der Waals surface area contributed by atoms with Gasteiger partial charge in [-0.25, -0.2) is 0 Å². The molecule has 1 fully saturated rings. The fourth-order valence-electron chi connectivity index (χ4n) is 3.97. The van der Waals surface area contributed by atoms with Crippen LogP contribution in [0.15, 0.2) is 29.0 Å². The molecular formula is C19H23N3O2. The van der Waals surface area contributed by atoms with Crippen molar-refractivity contribution in [3.8, 4) is 0 Å². The number of aryl methyl sites for hydroxylation is 2. The fourth-order valence-corrected chi connectivity index (χ4v) is 3.97. The van der Waals surface area contributed by atoms with Gasteiger partial charge in [-0.1, -0.05) is 5.16 Å². The Morgan fingerprint density at radius 3 is 2.92 bits per heavy atom. The maximum atomic E-state index is 13.0. The predicted molar refractivity (Wildman–Crippen MR) is 89.8 cm³/mol. The molecule has 1 aliphatic carbocycles. The van der Waals surface area contributed by atoms with Gasteiger partial charge in [0, 0.05) is 37.0 Å². The molecule has 1 amide bonds. The maximum absolute atomic E-state index is 13.0. The van der Waals surface area contributed by atoms with Gasteiger partial charge in [-0.15, -0.1) is 0 Å². The highest BCUT2D eigenvalue weighted by atomic mass is 16.5. The third-order valence-electron chi connectivity index (χ3n) is 5.31. The molecule has 0 N–H and O–H groups in total. The highest BCUT2D eigenvalue weighted by molar-refractivity contribution is 5.94. The van der Waals surface area contributed by atoms with Crippen molar-refractivity contribution < 1.29 is 9.32 Å². The van der Waals surface area contributed by atoms with E-state index in [-0.39, 0.29) is 5.91 Å². The van der Waals surface area contributed by atoms with Crippen LogP contribution in [0.5, 0.6) is 0 Å². The number of nitrogens with zero attached hydrogens (tertiary/aromatic N) is 3. The van der Waals surface area contributed by atoms with Gasteiger partial charge in [0.2, 0.25) is 0 Å². The molecule has 5 heteroatoms. The molecule has 2 aromatic heterocycles. The van der Waals surface area contributed by atoms with Gasteiger partial charge in [-0.05, 0) is 62.6 Å². The van der Waals surface area contributed by atoms with Crippen molar-refractivity contribution in [1.82, 2.24) is 15.0 Å². The van der Waals surface area contributed by atoms with E-state index < -0.39 is 0 Å². The van der Waals surface area contributed by atoms with E-state index in [4.69, 9.17) is 4.52 Å². The van der Waals surface area contributed by atoms with E-state index in [1.165, 1.54) is 5.56 Å². The van der Waals surface area contributed by atoms with Crippen LogP contribution in [0.4, 0.5) is 0 Å². The zero-order chi connectivity index (χ0) is 16.4. The standard InChI is InChI=1S/C19H23N3O2/c23-19(18-16-5-1-2-6-17(16)24-21-18)22-13-3-4-15(22)8-7-14-9-11-20-12-10-14/h9-12,15H,1-8,13H2/t15-/m0/s1. The number of likely N-dealkylation sites (tertiary alicyclic amines) is 1. The molecule has 0 saturated carbocycles. The number of pyridine rings is 1. The minimum atomic E-state index is 0.0686. The summed E-state index contributed by atoms with van der Waals surface area (Å²) in [4.78, 5) is 19.1. The predicted octanol–water partition coefficient (Wildman–Crippen LogP) is 3.19. The highest BCUT2D eigenvalue weighted by Crippen LogP contribution is 2.28. The second kappa shape index (κ2) is 6.75. The number of fused-ring (bicyclic) bond motifs is 1. The average Bonchev–Trinajstić information content (AvgIpc) is 3.27. The van der Waals surface area contributed by atoms with Crippen LogP contribution in [-0.2, 0) is 19.3 Å². The van der Waals surface area contributed by atoms with Crippen molar-refractivity contribution in [2.75, 3.05) is 6.54 Å². The van der Waals surface area contributed by atoms with Crippen molar-refractivity contribution in [1.29, 1.82) is 0 Å². The smallest absolute Gasteiger partial charge is 0.276 e. The van der Waals surface area contributed by atoms with E-state index in [9.17, 15) is 4.79 Å². The van der Waals surface area contributed by atoms with Crippen LogP contribution in [0.3, 0.4) is 0 Å². The van der Waals surface area contributed by atoms with Crippen molar-refractivity contribution in [2.24, 2.45) is 0 Å². The largest absolute Gasteiger partial charge is 0.360 e. The highest BCUT2D eigenvalue weighted by Gasteiger charge is 2.33. The van der Waals surface area contributed by atoms with Crippen LogP contribution < -0.4 is 0 Å². The van der Waals surface area contributed by atoms with Gasteiger partial charge in [-0.2, -0.15) is 0 Å². The lowest BCUT2D eigenvalue weighted by Crippen LogP contribution is -2.36. The fraction of sp³-hybridized carbons (Fsp3) is 0.526. The molecule has 126 valence electrons. The van der Waals surface area contributed by atoms with Crippen molar-refractivity contribution in [3.63, 3.8) is 0 Å². The zero-order valence-electron chi connectivity index (χ0n) is 13.9. The average molecular weight is 325 g/mol. The minimum absolute atomic E-state index is 0.0686. The molecule has 1 saturated heterocycles. The molecule has 4 rings (SSSR count). The Kier molecular flexibility index (Phi) is 4.32. The number of aromatic nitrogens is 2. The molecule has 0 aromatic carbocycles. The van der Waals surface area contributed by atoms with Crippen LogP contribution >= 0.6 is 0 Å². The molecule has 0 radical (unpaired) electrons. The minimum Gasteiger partial charge on any atom is -0.360 e. The van der Waals surface area contributed by atoms with Gasteiger partial charge in [0.1, 0.15) is 5.76 Å². The number of carbonyl (C=O) groups excluding carboxylic acids is 1. The zero-order valence-corrected chi connectivity index (χ0v) is 13.9. The van der Waals surface area contributed by atoms with Crippen molar-refractivity contribution in [2.45, 2.75) is 57.4 Å². The Morgan fingerprint density at radius 2 is 2.04 bits per heavy atom. The van der Waals surface area contributed by atoms with E-state index in [0.29, 0.717) is 11.7 Å². The first-order valence-corrected chi connectivity index (χ1v) is 9.00. The molecule has 5 nitrogen and oxygen atoms in total. The van der Waals surface area contributed by atoms with Gasteiger partial charge >= 0.3 is 0 Å². The molecule has 2 aromatic rings. The summed E-state index contributed by atoms with van der Waals surface area (Å²) < 4.78 is 5.43. The Morgan fingerprint density at radius 1 is 1.21 bits per heavy atom. The summed E-state index contributed by atoms with van der Waals surface area (Å²) in [6, 6.07) is 4.41. The second-order valence-corrected chi connectivity index (χ2v) is 6.83. The van der Waals surface area contributed by atoms with Crippen LogP contribution in [-0.4, -0.2) is 33.5 Å². The Bertz CT molecular complexity index is 711. The quantitative estimate of drug-likeness (QED) is 0.866. The Balaban J connectivity index is 1.46. The molecule has 0 bridgehead atoms. The lowest BCUT2D eigenvalue weighted by Gasteiger charge is -2.24. The maximum Gasteiger partial charge on any atom is 0.276 e. The van der Waals surface area contributed by atoms with Crippen LogP contribution in [0.1, 0.15) is 59.5 Å². The molecule has 1 atom stereocenters. The summed E-state index contributed by atoms with van der Waals surface area (Å²) in [7, 11) is 0. The summed E-state index contributed by atoms with van der Waals surface area (Å²) in [6.45, 7) is 0.835. The summed E-state index contributed by atoms with van der Waals surface area (Å²) in [5.74, 6) is 0.997. The van der Waals surface area contributed by atoms with Gasteiger partial charge in [0.25, 0.3) is 5.91 Å². The summed E-state index contributed by atoms with van der Waals surface area (Å²) in [5, 5.41) is 4.12. The number of rotatable bonds is 4. The van der Waals surface area contributed by atoms with E-state index in [2.05, 4.69) is 22.3 Å². The van der Waals surface area contributed by atoms with Gasteiger partial charge in [0.05, 0.1) is 0 Å². The van der Waals surface area contributed by atoms with Crippen LogP contribution in [0.2, 0.25) is 0 Å². The lowest BCUT2D eigenvalue weighted by atomic mass is 9.96. The first-order chi connectivity index (χ1) is 11.8. The molecular weight excluding hydrogens is 302 g/mol. The molecule has 3 heterocycles. The SMILES string of the molecule is O=C(c1noc2c1CCCC2)N1CCC[C@H]1CCc1ccncc1. The van der Waals surface area contributed by atoms with Crippen LogP contribution in [0, 0.1) is 0 Å². The molecule has 0 spiro atoms. The monoisotopic (exact) mass is 325 g/mol. The third-order valence-corrected chi connectivity index (χ3v) is 5.31. The number of hydrogen-bond donors (Lipinski definition) is 0. The van der Waals surface area contributed by atoms with Crippen molar-refractivity contribution in [3.05, 3.63) is 47.1 Å². The summed E-state index contributed by atoms with van der Waals surface area (Å²) in [5.41, 5.74) is 2.91. The van der Waals surface area contributed by atoms with Crippen molar-refractivity contribution >= 4 is 5.91 Å². The second-order valence-electron chi connectivity index (χ2n) is 6.83.